The maximum Gasteiger partial charge on any atom is 0.213 e. The van der Waals surface area contributed by atoms with Crippen LogP contribution in [0.4, 0.5) is 0 Å². The first kappa shape index (κ1) is 15.6. The lowest BCUT2D eigenvalue weighted by molar-refractivity contribution is 0.124. The van der Waals surface area contributed by atoms with Gasteiger partial charge in [0.25, 0.3) is 0 Å². The molecule has 3 N–H and O–H groups in total. The van der Waals surface area contributed by atoms with Gasteiger partial charge in [-0.25, -0.2) is 9.98 Å². The first-order valence-corrected chi connectivity index (χ1v) is 7.60. The van der Waals surface area contributed by atoms with Crippen molar-refractivity contribution in [2.45, 2.75) is 52.2 Å². The molecular weight excluding hydrogens is 264 g/mol. The van der Waals surface area contributed by atoms with Gasteiger partial charge in [0, 0.05) is 18.8 Å². The molecule has 2 rings (SSSR count). The van der Waals surface area contributed by atoms with Crippen LogP contribution in [0.3, 0.4) is 0 Å². The van der Waals surface area contributed by atoms with Crippen LogP contribution in [0.5, 0.6) is 5.88 Å². The van der Waals surface area contributed by atoms with Crippen molar-refractivity contribution in [1.29, 1.82) is 0 Å². The Morgan fingerprint density at radius 2 is 2.19 bits per heavy atom. The van der Waals surface area contributed by atoms with Gasteiger partial charge in [0.2, 0.25) is 5.88 Å². The highest BCUT2D eigenvalue weighted by atomic mass is 16.5. The van der Waals surface area contributed by atoms with E-state index in [1.54, 1.807) is 6.20 Å². The number of pyridine rings is 1. The standard InChI is InChI=1S/C16H26N4O/c1-16(2,3)21-14-8-7-13(10-18-14)11-20-15(17)19-9-12-5-4-6-12/h7-8,10,12H,4-6,9,11H2,1-3H3,(H3,17,19,20). The Balaban J connectivity index is 1.79. The lowest BCUT2D eigenvalue weighted by Crippen LogP contribution is -2.37. The highest BCUT2D eigenvalue weighted by molar-refractivity contribution is 5.77. The third kappa shape index (κ3) is 5.61. The molecule has 116 valence electrons. The number of hydrogen-bond acceptors (Lipinski definition) is 3. The molecule has 0 unspecified atom stereocenters. The molecule has 1 aromatic rings. The molecule has 1 aliphatic carbocycles. The summed E-state index contributed by atoms with van der Waals surface area (Å²) in [7, 11) is 0. The number of aliphatic imine (C=N–C) groups is 1. The molecule has 1 saturated carbocycles. The highest BCUT2D eigenvalue weighted by Gasteiger charge is 2.16. The fraction of sp³-hybridized carbons (Fsp3) is 0.625. The molecule has 0 aromatic carbocycles. The minimum Gasteiger partial charge on any atom is -0.472 e. The predicted molar refractivity (Wildman–Crippen MR) is 85.3 cm³/mol. The van der Waals surface area contributed by atoms with E-state index in [-0.39, 0.29) is 5.60 Å². The molecule has 1 aliphatic rings. The lowest BCUT2D eigenvalue weighted by atomic mass is 9.85. The number of ether oxygens (including phenoxy) is 1. The fourth-order valence-corrected chi connectivity index (χ4v) is 2.06. The SMILES string of the molecule is CC(C)(C)Oc1ccc(CN=C(N)NCC2CCC2)cn1. The van der Waals surface area contributed by atoms with Crippen LogP contribution in [0.2, 0.25) is 0 Å². The summed E-state index contributed by atoms with van der Waals surface area (Å²) < 4.78 is 5.68. The van der Waals surface area contributed by atoms with Gasteiger partial charge in [-0.05, 0) is 45.1 Å². The van der Waals surface area contributed by atoms with Gasteiger partial charge in [-0.2, -0.15) is 0 Å². The first-order valence-electron chi connectivity index (χ1n) is 7.60. The average Bonchev–Trinajstić information content (AvgIpc) is 2.34. The van der Waals surface area contributed by atoms with Crippen LogP contribution in [0.1, 0.15) is 45.6 Å². The second-order valence-corrected chi connectivity index (χ2v) is 6.60. The Hall–Kier alpha value is -1.78. The van der Waals surface area contributed by atoms with Crippen LogP contribution in [0.15, 0.2) is 23.3 Å². The van der Waals surface area contributed by atoms with Crippen LogP contribution in [-0.2, 0) is 6.54 Å². The molecule has 5 heteroatoms. The summed E-state index contributed by atoms with van der Waals surface area (Å²) in [5, 5.41) is 3.18. The van der Waals surface area contributed by atoms with Crippen LogP contribution in [0.25, 0.3) is 0 Å². The maximum atomic E-state index is 5.86. The lowest BCUT2D eigenvalue weighted by Gasteiger charge is -2.25. The highest BCUT2D eigenvalue weighted by Crippen LogP contribution is 2.25. The molecule has 0 radical (unpaired) electrons. The van der Waals surface area contributed by atoms with Crippen molar-refractivity contribution in [3.8, 4) is 5.88 Å². The zero-order chi connectivity index (χ0) is 15.3. The molecule has 1 aromatic heterocycles. The number of nitrogens with two attached hydrogens (primary N) is 1. The van der Waals surface area contributed by atoms with E-state index in [0.29, 0.717) is 18.4 Å². The van der Waals surface area contributed by atoms with E-state index in [2.05, 4.69) is 15.3 Å². The number of guanidine groups is 1. The monoisotopic (exact) mass is 290 g/mol. The molecule has 1 heterocycles. The molecule has 1 fully saturated rings. The Bertz CT molecular complexity index is 472. The third-order valence-electron chi connectivity index (χ3n) is 3.44. The Morgan fingerprint density at radius 1 is 1.43 bits per heavy atom. The van der Waals surface area contributed by atoms with E-state index in [0.717, 1.165) is 18.0 Å². The third-order valence-corrected chi connectivity index (χ3v) is 3.44. The molecule has 0 bridgehead atoms. The first-order chi connectivity index (χ1) is 9.92. The molecule has 21 heavy (non-hydrogen) atoms. The molecule has 0 amide bonds. The molecule has 0 atom stereocenters. The van der Waals surface area contributed by atoms with Gasteiger partial charge in [0.05, 0.1) is 6.54 Å². The second-order valence-electron chi connectivity index (χ2n) is 6.60. The van der Waals surface area contributed by atoms with E-state index in [9.17, 15) is 0 Å². The summed E-state index contributed by atoms with van der Waals surface area (Å²) in [6, 6.07) is 3.84. The topological polar surface area (TPSA) is 72.5 Å². The van der Waals surface area contributed by atoms with Crippen LogP contribution >= 0.6 is 0 Å². The molecular formula is C16H26N4O. The Kier molecular flexibility index (Phi) is 5.04. The van der Waals surface area contributed by atoms with Crippen molar-refractivity contribution in [3.63, 3.8) is 0 Å². The van der Waals surface area contributed by atoms with E-state index in [4.69, 9.17) is 10.5 Å². The summed E-state index contributed by atoms with van der Waals surface area (Å²) in [4.78, 5) is 8.62. The summed E-state index contributed by atoms with van der Waals surface area (Å²) in [5.41, 5.74) is 6.64. The van der Waals surface area contributed by atoms with Crippen molar-refractivity contribution >= 4 is 5.96 Å². The summed E-state index contributed by atoms with van der Waals surface area (Å²) in [6.07, 6.45) is 5.74. The van der Waals surface area contributed by atoms with Crippen molar-refractivity contribution in [2.75, 3.05) is 6.54 Å². The van der Waals surface area contributed by atoms with Gasteiger partial charge in [0.15, 0.2) is 5.96 Å². The number of nitrogens with zero attached hydrogens (tertiary/aromatic N) is 2. The quantitative estimate of drug-likeness (QED) is 0.645. The minimum absolute atomic E-state index is 0.234. The maximum absolute atomic E-state index is 5.86. The van der Waals surface area contributed by atoms with Gasteiger partial charge in [-0.1, -0.05) is 12.5 Å². The fourth-order valence-electron chi connectivity index (χ4n) is 2.06. The van der Waals surface area contributed by atoms with E-state index in [1.165, 1.54) is 19.3 Å². The van der Waals surface area contributed by atoms with Crippen molar-refractivity contribution in [2.24, 2.45) is 16.6 Å². The van der Waals surface area contributed by atoms with E-state index in [1.807, 2.05) is 32.9 Å². The number of rotatable bonds is 5. The van der Waals surface area contributed by atoms with Gasteiger partial charge in [-0.15, -0.1) is 0 Å². The van der Waals surface area contributed by atoms with Crippen molar-refractivity contribution in [1.82, 2.24) is 10.3 Å². The molecule has 0 aliphatic heterocycles. The van der Waals surface area contributed by atoms with Crippen LogP contribution < -0.4 is 15.8 Å². The Labute approximate surface area is 127 Å². The number of hydrogen-bond donors (Lipinski definition) is 2. The molecule has 5 nitrogen and oxygen atoms in total. The van der Waals surface area contributed by atoms with E-state index >= 15 is 0 Å². The van der Waals surface area contributed by atoms with Crippen molar-refractivity contribution in [3.05, 3.63) is 23.9 Å². The second kappa shape index (κ2) is 6.78. The van der Waals surface area contributed by atoms with Gasteiger partial charge in [-0.3, -0.25) is 0 Å². The molecule has 0 spiro atoms. The molecule has 0 saturated heterocycles. The summed E-state index contributed by atoms with van der Waals surface area (Å²) in [6.45, 7) is 7.47. The van der Waals surface area contributed by atoms with E-state index < -0.39 is 0 Å². The van der Waals surface area contributed by atoms with Gasteiger partial charge >= 0.3 is 0 Å². The zero-order valence-corrected chi connectivity index (χ0v) is 13.2. The Morgan fingerprint density at radius 3 is 2.71 bits per heavy atom. The summed E-state index contributed by atoms with van der Waals surface area (Å²) >= 11 is 0. The zero-order valence-electron chi connectivity index (χ0n) is 13.2. The smallest absolute Gasteiger partial charge is 0.213 e. The summed E-state index contributed by atoms with van der Waals surface area (Å²) in [5.74, 6) is 1.91. The predicted octanol–water partition coefficient (Wildman–Crippen LogP) is 2.46. The number of nitrogens with one attached hydrogen (secondary N) is 1. The van der Waals surface area contributed by atoms with Crippen LogP contribution in [0, 0.1) is 5.92 Å². The minimum atomic E-state index is -0.234. The largest absolute Gasteiger partial charge is 0.472 e. The van der Waals surface area contributed by atoms with Gasteiger partial charge in [0.1, 0.15) is 5.60 Å². The normalized spacial score (nSPS) is 16.4. The number of aromatic nitrogens is 1. The van der Waals surface area contributed by atoms with Gasteiger partial charge < -0.3 is 15.8 Å². The van der Waals surface area contributed by atoms with Crippen molar-refractivity contribution < 1.29 is 4.74 Å². The average molecular weight is 290 g/mol. The van der Waals surface area contributed by atoms with Crippen LogP contribution in [-0.4, -0.2) is 23.1 Å².